The highest BCUT2D eigenvalue weighted by atomic mass is 32.2. The Balaban J connectivity index is 1.31. The number of hydrogen-bond acceptors (Lipinski definition) is 6. The summed E-state index contributed by atoms with van der Waals surface area (Å²) in [5.74, 6) is -1.37. The third-order valence-corrected chi connectivity index (χ3v) is 8.50. The van der Waals surface area contributed by atoms with Crippen LogP contribution in [0.3, 0.4) is 0 Å². The molecule has 1 saturated heterocycles. The Morgan fingerprint density at radius 1 is 0.927 bits per heavy atom. The first-order chi connectivity index (χ1) is 19.8. The van der Waals surface area contributed by atoms with Crippen molar-refractivity contribution >= 4 is 64.2 Å². The maximum absolute atomic E-state index is 13.3. The average molecular weight is 582 g/mol. The van der Waals surface area contributed by atoms with E-state index < -0.39 is 17.1 Å². The lowest BCUT2D eigenvalue weighted by molar-refractivity contribution is -0.121. The number of benzene rings is 3. The van der Waals surface area contributed by atoms with Gasteiger partial charge in [0.25, 0.3) is 11.8 Å². The zero-order valence-electron chi connectivity index (χ0n) is 22.4. The lowest BCUT2D eigenvalue weighted by atomic mass is 10.1. The number of nitrogens with zero attached hydrogens (tertiary/aromatic N) is 1. The second kappa shape index (κ2) is 12.4. The van der Waals surface area contributed by atoms with Gasteiger partial charge >= 0.3 is 0 Å². The molecule has 2 heterocycles. The van der Waals surface area contributed by atoms with Crippen LogP contribution in [0, 0.1) is 13.8 Å². The summed E-state index contributed by atoms with van der Waals surface area (Å²) in [7, 11) is 0. The molecule has 4 amide bonds. The lowest BCUT2D eigenvalue weighted by Crippen LogP contribution is -2.32. The fourth-order valence-electron chi connectivity index (χ4n) is 4.56. The van der Waals surface area contributed by atoms with E-state index in [-0.39, 0.29) is 23.9 Å². The van der Waals surface area contributed by atoms with E-state index in [0.29, 0.717) is 16.9 Å². The summed E-state index contributed by atoms with van der Waals surface area (Å²) in [5.41, 5.74) is 3.41. The van der Waals surface area contributed by atoms with Gasteiger partial charge in [-0.1, -0.05) is 48.5 Å². The van der Waals surface area contributed by atoms with Crippen molar-refractivity contribution in [2.75, 3.05) is 10.2 Å². The van der Waals surface area contributed by atoms with Crippen LogP contribution in [-0.2, 0) is 14.4 Å². The van der Waals surface area contributed by atoms with Crippen molar-refractivity contribution in [2.24, 2.45) is 0 Å². The number of rotatable bonds is 8. The number of thiophene rings is 1. The van der Waals surface area contributed by atoms with E-state index in [1.54, 1.807) is 48.5 Å². The molecule has 206 valence electrons. The smallest absolute Gasteiger partial charge is 0.272 e. The van der Waals surface area contributed by atoms with Gasteiger partial charge in [-0.25, -0.2) is 4.90 Å². The second-order valence-electron chi connectivity index (χ2n) is 9.49. The van der Waals surface area contributed by atoms with Crippen molar-refractivity contribution in [2.45, 2.75) is 30.4 Å². The van der Waals surface area contributed by atoms with Gasteiger partial charge in [-0.05, 0) is 72.8 Å². The third kappa shape index (κ3) is 6.48. The molecular weight excluding hydrogens is 555 g/mol. The third-order valence-electron chi connectivity index (χ3n) is 6.50. The van der Waals surface area contributed by atoms with E-state index >= 15 is 0 Å². The predicted molar refractivity (Wildman–Crippen MR) is 164 cm³/mol. The number of aryl methyl sites for hydroxylation is 2. The van der Waals surface area contributed by atoms with E-state index in [1.807, 2.05) is 61.7 Å². The van der Waals surface area contributed by atoms with Crippen LogP contribution in [0.25, 0.3) is 6.08 Å². The molecule has 1 fully saturated rings. The maximum atomic E-state index is 13.3. The van der Waals surface area contributed by atoms with Crippen molar-refractivity contribution in [3.05, 3.63) is 118 Å². The normalized spacial score (nSPS) is 15.2. The summed E-state index contributed by atoms with van der Waals surface area (Å²) in [6.07, 6.45) is 1.72. The average Bonchev–Trinajstić information content (AvgIpc) is 3.57. The van der Waals surface area contributed by atoms with Gasteiger partial charge in [0.1, 0.15) is 5.70 Å². The number of hydrogen-bond donors (Lipinski definition) is 2. The molecule has 5 rings (SSSR count). The fraction of sp³-hybridized carbons (Fsp3) is 0.125. The monoisotopic (exact) mass is 581 g/mol. The minimum atomic E-state index is -0.577. The minimum Gasteiger partial charge on any atom is -0.321 e. The van der Waals surface area contributed by atoms with E-state index in [0.717, 1.165) is 20.9 Å². The number of amides is 4. The van der Waals surface area contributed by atoms with Crippen molar-refractivity contribution in [3.63, 3.8) is 0 Å². The zero-order chi connectivity index (χ0) is 28.9. The van der Waals surface area contributed by atoms with Crippen LogP contribution >= 0.6 is 23.1 Å². The molecule has 4 aromatic rings. The molecule has 0 radical (unpaired) electrons. The van der Waals surface area contributed by atoms with Gasteiger partial charge in [0.05, 0.1) is 10.9 Å². The van der Waals surface area contributed by atoms with Gasteiger partial charge in [0, 0.05) is 27.4 Å². The van der Waals surface area contributed by atoms with Crippen LogP contribution in [0.15, 0.2) is 101 Å². The van der Waals surface area contributed by atoms with Crippen LogP contribution in [-0.4, -0.2) is 28.9 Å². The first-order valence-corrected chi connectivity index (χ1v) is 14.7. The quantitative estimate of drug-likeness (QED) is 0.191. The van der Waals surface area contributed by atoms with Crippen LogP contribution in [0.2, 0.25) is 0 Å². The first kappa shape index (κ1) is 28.1. The molecule has 1 aromatic heterocycles. The Bertz CT molecular complexity index is 1630. The second-order valence-corrected chi connectivity index (χ2v) is 11.7. The van der Waals surface area contributed by atoms with Crippen molar-refractivity contribution in [1.82, 2.24) is 5.32 Å². The number of thioether (sulfide) groups is 1. The van der Waals surface area contributed by atoms with E-state index in [9.17, 15) is 19.2 Å². The molecule has 1 aliphatic rings. The largest absolute Gasteiger partial charge is 0.321 e. The van der Waals surface area contributed by atoms with Gasteiger partial charge < -0.3 is 10.6 Å². The van der Waals surface area contributed by atoms with Crippen molar-refractivity contribution in [3.8, 4) is 0 Å². The molecule has 9 heteroatoms. The molecule has 1 aliphatic heterocycles. The molecular formula is C32H27N3O4S2. The standard InChI is InChI=1S/C32H27N3O4S2/c1-20-9-6-10-21(2)29(20)35-28(36)19-27(32(35)39)41-25-14-7-13-23(17-25)33-31(38)26(18-24-15-8-16-40-24)34-30(37)22-11-4-3-5-12-22/h3-18,27H,19H2,1-2H3,(H,33,38)(H,34,37)/b26-18-. The lowest BCUT2D eigenvalue weighted by Gasteiger charge is -2.19. The maximum Gasteiger partial charge on any atom is 0.272 e. The van der Waals surface area contributed by atoms with Gasteiger partial charge in [0.2, 0.25) is 11.8 Å². The highest BCUT2D eigenvalue weighted by Crippen LogP contribution is 2.37. The molecule has 3 aromatic carbocycles. The molecule has 0 bridgehead atoms. The Labute approximate surface area is 246 Å². The van der Waals surface area contributed by atoms with E-state index in [1.165, 1.54) is 28.0 Å². The Morgan fingerprint density at radius 3 is 2.37 bits per heavy atom. The minimum absolute atomic E-state index is 0.0904. The Morgan fingerprint density at radius 2 is 1.66 bits per heavy atom. The summed E-state index contributed by atoms with van der Waals surface area (Å²) in [6.45, 7) is 3.78. The van der Waals surface area contributed by atoms with Crippen molar-refractivity contribution in [1.29, 1.82) is 0 Å². The fourth-order valence-corrected chi connectivity index (χ4v) is 6.33. The van der Waals surface area contributed by atoms with E-state index in [2.05, 4.69) is 10.6 Å². The molecule has 7 nitrogen and oxygen atoms in total. The van der Waals surface area contributed by atoms with Gasteiger partial charge in [-0.2, -0.15) is 0 Å². The number of para-hydroxylation sites is 1. The topological polar surface area (TPSA) is 95.6 Å². The SMILES string of the molecule is Cc1cccc(C)c1N1C(=O)CC(Sc2cccc(NC(=O)/C(=C/c3cccs3)NC(=O)c3ccccc3)c2)C1=O. The van der Waals surface area contributed by atoms with Gasteiger partial charge in [-0.3, -0.25) is 19.2 Å². The Hall–Kier alpha value is -4.47. The number of nitrogens with one attached hydrogen (secondary N) is 2. The van der Waals surface area contributed by atoms with Gasteiger partial charge in [-0.15, -0.1) is 23.1 Å². The van der Waals surface area contributed by atoms with Crippen molar-refractivity contribution < 1.29 is 19.2 Å². The number of carbonyl (C=O) groups excluding carboxylic acids is 4. The van der Waals surface area contributed by atoms with E-state index in [4.69, 9.17) is 0 Å². The summed E-state index contributed by atoms with van der Waals surface area (Å²) < 4.78 is 0. The molecule has 41 heavy (non-hydrogen) atoms. The van der Waals surface area contributed by atoms with Crippen LogP contribution in [0.1, 0.15) is 32.8 Å². The van der Waals surface area contributed by atoms with Crippen LogP contribution in [0.5, 0.6) is 0 Å². The number of carbonyl (C=O) groups is 4. The summed E-state index contributed by atoms with van der Waals surface area (Å²) in [6, 6.07) is 25.2. The Kier molecular flexibility index (Phi) is 8.47. The summed E-state index contributed by atoms with van der Waals surface area (Å²) in [4.78, 5) is 55.2. The number of imide groups is 1. The first-order valence-electron chi connectivity index (χ1n) is 12.9. The molecule has 1 atom stereocenters. The molecule has 0 spiro atoms. The van der Waals surface area contributed by atoms with Crippen LogP contribution in [0.4, 0.5) is 11.4 Å². The highest BCUT2D eigenvalue weighted by molar-refractivity contribution is 8.00. The number of anilines is 2. The molecule has 0 saturated carbocycles. The van der Waals surface area contributed by atoms with Gasteiger partial charge in [0.15, 0.2) is 0 Å². The van der Waals surface area contributed by atoms with Crippen LogP contribution < -0.4 is 15.5 Å². The highest BCUT2D eigenvalue weighted by Gasteiger charge is 2.41. The summed E-state index contributed by atoms with van der Waals surface area (Å²) in [5, 5.41) is 6.89. The predicted octanol–water partition coefficient (Wildman–Crippen LogP) is 6.20. The molecule has 0 aliphatic carbocycles. The molecule has 2 N–H and O–H groups in total. The molecule has 1 unspecified atom stereocenters. The zero-order valence-corrected chi connectivity index (χ0v) is 24.1. The summed E-state index contributed by atoms with van der Waals surface area (Å²) >= 11 is 2.73.